The standard InChI is InChI=1S/C17H22N2O2/c20-16-18-14-17(21-16)9-5-12-19(13-10-17)11-4-8-15-6-2-1-3-7-15/h1-4,6-8H,5,9-14H2,(H,18,20). The van der Waals surface area contributed by atoms with Crippen molar-refractivity contribution in [2.24, 2.45) is 0 Å². The molecule has 112 valence electrons. The molecule has 0 saturated carbocycles. The maximum absolute atomic E-state index is 11.3. The molecule has 0 radical (unpaired) electrons. The molecule has 4 nitrogen and oxygen atoms in total. The molecule has 0 aromatic heterocycles. The summed E-state index contributed by atoms with van der Waals surface area (Å²) in [6.45, 7) is 3.67. The first-order valence-corrected chi connectivity index (χ1v) is 7.67. The Labute approximate surface area is 125 Å². The fourth-order valence-corrected chi connectivity index (χ4v) is 3.09. The molecule has 1 aromatic carbocycles. The van der Waals surface area contributed by atoms with Crippen LogP contribution in [0.3, 0.4) is 0 Å². The van der Waals surface area contributed by atoms with E-state index in [1.165, 1.54) is 5.56 Å². The molecule has 2 fully saturated rings. The second-order valence-electron chi connectivity index (χ2n) is 5.89. The van der Waals surface area contributed by atoms with Gasteiger partial charge in [-0.25, -0.2) is 4.79 Å². The maximum Gasteiger partial charge on any atom is 0.407 e. The van der Waals surface area contributed by atoms with Crippen molar-refractivity contribution in [3.05, 3.63) is 42.0 Å². The van der Waals surface area contributed by atoms with Gasteiger partial charge in [-0.2, -0.15) is 0 Å². The van der Waals surface area contributed by atoms with Gasteiger partial charge in [-0.15, -0.1) is 0 Å². The molecule has 2 aliphatic heterocycles. The molecular formula is C17H22N2O2. The number of hydrogen-bond acceptors (Lipinski definition) is 3. The van der Waals surface area contributed by atoms with Crippen molar-refractivity contribution in [1.82, 2.24) is 10.2 Å². The van der Waals surface area contributed by atoms with E-state index in [1.807, 2.05) is 6.07 Å². The predicted octanol–water partition coefficient (Wildman–Crippen LogP) is 2.66. The molecule has 0 aliphatic carbocycles. The number of benzene rings is 1. The van der Waals surface area contributed by atoms with E-state index in [-0.39, 0.29) is 11.7 Å². The van der Waals surface area contributed by atoms with Crippen LogP contribution in [0.4, 0.5) is 4.79 Å². The maximum atomic E-state index is 11.3. The third-order valence-electron chi connectivity index (χ3n) is 4.33. The van der Waals surface area contributed by atoms with Gasteiger partial charge < -0.3 is 10.1 Å². The molecule has 1 spiro atoms. The van der Waals surface area contributed by atoms with Crippen LogP contribution in [-0.2, 0) is 4.74 Å². The minimum atomic E-state index is -0.257. The van der Waals surface area contributed by atoms with E-state index in [9.17, 15) is 4.79 Å². The number of nitrogens with one attached hydrogen (secondary N) is 1. The molecule has 1 atom stereocenters. The van der Waals surface area contributed by atoms with Crippen LogP contribution >= 0.6 is 0 Å². The minimum Gasteiger partial charge on any atom is -0.441 e. The largest absolute Gasteiger partial charge is 0.441 e. The predicted molar refractivity (Wildman–Crippen MR) is 83.0 cm³/mol. The van der Waals surface area contributed by atoms with Gasteiger partial charge in [0.05, 0.1) is 6.54 Å². The van der Waals surface area contributed by atoms with Crippen LogP contribution in [0.15, 0.2) is 36.4 Å². The minimum absolute atomic E-state index is 0.255. The van der Waals surface area contributed by atoms with Gasteiger partial charge in [-0.1, -0.05) is 42.5 Å². The fraction of sp³-hybridized carbons (Fsp3) is 0.471. The number of alkyl carbamates (subject to hydrolysis) is 1. The normalized spacial score (nSPS) is 26.8. The Kier molecular flexibility index (Phi) is 4.25. The lowest BCUT2D eigenvalue weighted by Gasteiger charge is -2.24. The molecule has 1 N–H and O–H groups in total. The summed E-state index contributed by atoms with van der Waals surface area (Å²) in [5.74, 6) is 0. The Bertz CT molecular complexity index is 515. The number of rotatable bonds is 3. The van der Waals surface area contributed by atoms with E-state index in [0.29, 0.717) is 6.54 Å². The Balaban J connectivity index is 1.51. The lowest BCUT2D eigenvalue weighted by atomic mass is 9.95. The van der Waals surface area contributed by atoms with Crippen molar-refractivity contribution in [2.75, 3.05) is 26.2 Å². The molecule has 2 saturated heterocycles. The third-order valence-corrected chi connectivity index (χ3v) is 4.33. The van der Waals surface area contributed by atoms with Crippen LogP contribution in [0.25, 0.3) is 6.08 Å². The van der Waals surface area contributed by atoms with Gasteiger partial charge in [-0.05, 0) is 24.9 Å². The third kappa shape index (κ3) is 3.64. The second-order valence-corrected chi connectivity index (χ2v) is 5.89. The van der Waals surface area contributed by atoms with Crippen molar-refractivity contribution in [3.63, 3.8) is 0 Å². The summed E-state index contributed by atoms with van der Waals surface area (Å²) >= 11 is 0. The van der Waals surface area contributed by atoms with E-state index in [2.05, 4.69) is 46.6 Å². The van der Waals surface area contributed by atoms with Crippen molar-refractivity contribution in [3.8, 4) is 0 Å². The van der Waals surface area contributed by atoms with Gasteiger partial charge in [0, 0.05) is 19.5 Å². The summed E-state index contributed by atoms with van der Waals surface area (Å²) in [5, 5.41) is 2.79. The first-order chi connectivity index (χ1) is 10.3. The molecule has 1 unspecified atom stereocenters. The zero-order valence-electron chi connectivity index (χ0n) is 12.3. The zero-order chi connectivity index (χ0) is 14.5. The Hall–Kier alpha value is -1.81. The van der Waals surface area contributed by atoms with Crippen LogP contribution in [0.2, 0.25) is 0 Å². The Morgan fingerprint density at radius 1 is 1.24 bits per heavy atom. The number of ether oxygens (including phenoxy) is 1. The van der Waals surface area contributed by atoms with Crippen molar-refractivity contribution >= 4 is 12.2 Å². The van der Waals surface area contributed by atoms with Gasteiger partial charge in [0.1, 0.15) is 5.60 Å². The van der Waals surface area contributed by atoms with E-state index in [4.69, 9.17) is 4.74 Å². The molecule has 1 aromatic rings. The van der Waals surface area contributed by atoms with Crippen LogP contribution in [-0.4, -0.2) is 42.8 Å². The number of nitrogens with zero attached hydrogens (tertiary/aromatic N) is 1. The molecule has 3 rings (SSSR count). The fourth-order valence-electron chi connectivity index (χ4n) is 3.09. The molecular weight excluding hydrogens is 264 g/mol. The van der Waals surface area contributed by atoms with Crippen LogP contribution in [0.5, 0.6) is 0 Å². The average molecular weight is 286 g/mol. The summed E-state index contributed by atoms with van der Waals surface area (Å²) < 4.78 is 5.50. The van der Waals surface area contributed by atoms with Crippen molar-refractivity contribution in [1.29, 1.82) is 0 Å². The Morgan fingerprint density at radius 3 is 2.86 bits per heavy atom. The number of likely N-dealkylation sites (tertiary alicyclic amines) is 1. The highest BCUT2D eigenvalue weighted by molar-refractivity contribution is 5.70. The van der Waals surface area contributed by atoms with Crippen LogP contribution in [0.1, 0.15) is 24.8 Å². The van der Waals surface area contributed by atoms with E-state index in [1.54, 1.807) is 0 Å². The number of carbonyl (C=O) groups excluding carboxylic acids is 1. The number of carbonyl (C=O) groups is 1. The van der Waals surface area contributed by atoms with Crippen LogP contribution in [0, 0.1) is 0 Å². The molecule has 1 amide bonds. The summed E-state index contributed by atoms with van der Waals surface area (Å²) in [4.78, 5) is 13.7. The lowest BCUT2D eigenvalue weighted by molar-refractivity contribution is 0.0448. The second kappa shape index (κ2) is 6.31. The molecule has 0 bridgehead atoms. The summed E-state index contributed by atoms with van der Waals surface area (Å²) in [6.07, 6.45) is 7.08. The smallest absolute Gasteiger partial charge is 0.407 e. The van der Waals surface area contributed by atoms with Gasteiger partial charge in [0.25, 0.3) is 0 Å². The van der Waals surface area contributed by atoms with Crippen molar-refractivity contribution in [2.45, 2.75) is 24.9 Å². The number of amides is 1. The van der Waals surface area contributed by atoms with Crippen LogP contribution < -0.4 is 5.32 Å². The zero-order valence-corrected chi connectivity index (χ0v) is 12.3. The first kappa shape index (κ1) is 14.1. The number of hydrogen-bond donors (Lipinski definition) is 1. The monoisotopic (exact) mass is 286 g/mol. The summed E-state index contributed by atoms with van der Waals surface area (Å²) in [7, 11) is 0. The van der Waals surface area contributed by atoms with E-state index < -0.39 is 0 Å². The average Bonchev–Trinajstić information content (AvgIpc) is 2.75. The van der Waals surface area contributed by atoms with Crippen molar-refractivity contribution < 1.29 is 9.53 Å². The van der Waals surface area contributed by atoms with Gasteiger partial charge in [0.15, 0.2) is 0 Å². The topological polar surface area (TPSA) is 41.6 Å². The first-order valence-electron chi connectivity index (χ1n) is 7.67. The van der Waals surface area contributed by atoms with Gasteiger partial charge in [0.2, 0.25) is 0 Å². The van der Waals surface area contributed by atoms with E-state index in [0.717, 1.165) is 38.9 Å². The molecule has 2 aliphatic rings. The van der Waals surface area contributed by atoms with E-state index >= 15 is 0 Å². The van der Waals surface area contributed by atoms with Gasteiger partial charge in [-0.3, -0.25) is 4.90 Å². The molecule has 2 heterocycles. The van der Waals surface area contributed by atoms with Gasteiger partial charge >= 0.3 is 6.09 Å². The lowest BCUT2D eigenvalue weighted by Crippen LogP contribution is -2.34. The highest BCUT2D eigenvalue weighted by Gasteiger charge is 2.41. The Morgan fingerprint density at radius 2 is 2.10 bits per heavy atom. The molecule has 4 heteroatoms. The molecule has 21 heavy (non-hydrogen) atoms. The highest BCUT2D eigenvalue weighted by Crippen LogP contribution is 2.29. The summed E-state index contributed by atoms with van der Waals surface area (Å²) in [6, 6.07) is 10.4. The quantitative estimate of drug-likeness (QED) is 0.929. The summed E-state index contributed by atoms with van der Waals surface area (Å²) in [5.41, 5.74) is 0.979. The highest BCUT2D eigenvalue weighted by atomic mass is 16.6. The SMILES string of the molecule is O=C1NCC2(CCCN(CC=Cc3ccccc3)CC2)O1.